The Hall–Kier alpha value is -3.54. The predicted molar refractivity (Wildman–Crippen MR) is 172 cm³/mol. The van der Waals surface area contributed by atoms with Gasteiger partial charge in [-0.1, -0.05) is 30.3 Å². The maximum Gasteiger partial charge on any atom is 0.264 e. The molecule has 2 aromatic heterocycles. The number of aromatic amines is 1. The molecule has 1 amide bonds. The number of nitrogens with zero attached hydrogens (tertiary/aromatic N) is 2. The molecule has 44 heavy (non-hydrogen) atoms. The van der Waals surface area contributed by atoms with Crippen molar-refractivity contribution in [2.45, 2.75) is 44.4 Å². The molecule has 10 heteroatoms. The van der Waals surface area contributed by atoms with Crippen LogP contribution in [0.2, 0.25) is 0 Å². The summed E-state index contributed by atoms with van der Waals surface area (Å²) in [5, 5.41) is 24.9. The molecule has 232 valence electrons. The summed E-state index contributed by atoms with van der Waals surface area (Å²) < 4.78 is 6.31. The van der Waals surface area contributed by atoms with Crippen molar-refractivity contribution in [3.05, 3.63) is 97.5 Å². The van der Waals surface area contributed by atoms with Crippen LogP contribution in [0.5, 0.6) is 5.75 Å². The number of aryl methyl sites for hydroxylation is 1. The first kappa shape index (κ1) is 30.5. The number of hydrogen-bond acceptors (Lipinski definition) is 8. The van der Waals surface area contributed by atoms with Crippen molar-refractivity contribution in [2.75, 3.05) is 45.9 Å². The van der Waals surface area contributed by atoms with Gasteiger partial charge in [0.15, 0.2) is 0 Å². The highest BCUT2D eigenvalue weighted by molar-refractivity contribution is 7.13. The number of pyridine rings is 1. The molecule has 2 saturated heterocycles. The highest BCUT2D eigenvalue weighted by Crippen LogP contribution is 2.32. The zero-order chi connectivity index (χ0) is 30.7. The van der Waals surface area contributed by atoms with Crippen LogP contribution in [0.15, 0.2) is 65.5 Å². The smallest absolute Gasteiger partial charge is 0.264 e. The summed E-state index contributed by atoms with van der Waals surface area (Å²) >= 11 is 1.56. The summed E-state index contributed by atoms with van der Waals surface area (Å²) in [5.41, 5.74) is 2.95. The number of piperidine rings is 1. The number of rotatable bonds is 9. The Bertz CT molecular complexity index is 1680. The number of likely N-dealkylation sites (tertiary alicyclic amines) is 1. The third-order valence-electron chi connectivity index (χ3n) is 8.85. The number of ether oxygens (including phenoxy) is 1. The quantitative estimate of drug-likeness (QED) is 0.210. The lowest BCUT2D eigenvalue weighted by Crippen LogP contribution is -2.57. The number of thiophene rings is 1. The van der Waals surface area contributed by atoms with Crippen LogP contribution >= 0.6 is 11.3 Å². The van der Waals surface area contributed by atoms with E-state index in [-0.39, 0.29) is 22.8 Å². The van der Waals surface area contributed by atoms with Gasteiger partial charge in [-0.2, -0.15) is 0 Å². The van der Waals surface area contributed by atoms with Gasteiger partial charge in [-0.15, -0.1) is 11.3 Å². The summed E-state index contributed by atoms with van der Waals surface area (Å²) in [6.45, 7) is 7.74. The number of aromatic hydroxyl groups is 1. The van der Waals surface area contributed by atoms with Gasteiger partial charge in [-0.25, -0.2) is 0 Å². The minimum atomic E-state index is -0.782. The number of carbonyl (C=O) groups is 1. The van der Waals surface area contributed by atoms with E-state index in [1.54, 1.807) is 23.5 Å². The van der Waals surface area contributed by atoms with Crippen LogP contribution in [-0.4, -0.2) is 82.4 Å². The maximum atomic E-state index is 13.1. The number of morpholine rings is 1. The predicted octanol–water partition coefficient (Wildman–Crippen LogP) is 3.98. The van der Waals surface area contributed by atoms with E-state index >= 15 is 0 Å². The van der Waals surface area contributed by atoms with Crippen molar-refractivity contribution in [2.24, 2.45) is 0 Å². The van der Waals surface area contributed by atoms with Gasteiger partial charge in [-0.05, 0) is 73.7 Å². The second-order valence-corrected chi connectivity index (χ2v) is 13.3. The average Bonchev–Trinajstić information content (AvgIpc) is 3.47. The lowest BCUT2D eigenvalue weighted by Gasteiger charge is -2.47. The van der Waals surface area contributed by atoms with Gasteiger partial charge in [0.25, 0.3) is 5.91 Å². The zero-order valence-corrected chi connectivity index (χ0v) is 25.9. The summed E-state index contributed by atoms with van der Waals surface area (Å²) in [7, 11) is 0. The third kappa shape index (κ3) is 6.90. The number of aliphatic hydroxyl groups excluding tert-OH is 1. The van der Waals surface area contributed by atoms with Gasteiger partial charge in [0.1, 0.15) is 5.75 Å². The Labute approximate surface area is 261 Å². The molecule has 0 unspecified atom stereocenters. The fourth-order valence-corrected chi connectivity index (χ4v) is 7.25. The highest BCUT2D eigenvalue weighted by Gasteiger charge is 2.41. The second-order valence-electron chi connectivity index (χ2n) is 12.0. The largest absolute Gasteiger partial charge is 0.506 e. The van der Waals surface area contributed by atoms with Crippen molar-refractivity contribution in [3.8, 4) is 5.75 Å². The number of phenolic OH excluding ortho intramolecular Hbond substituents is 1. The minimum Gasteiger partial charge on any atom is -0.506 e. The number of carbonyl (C=O) groups excluding carboxylic acids is 1. The summed E-state index contributed by atoms with van der Waals surface area (Å²) in [5.74, 6) is 0.108. The molecule has 4 N–H and O–H groups in total. The molecule has 2 aliphatic heterocycles. The number of benzene rings is 2. The van der Waals surface area contributed by atoms with E-state index in [1.165, 1.54) is 23.3 Å². The molecule has 4 aromatic rings. The van der Waals surface area contributed by atoms with Crippen molar-refractivity contribution >= 4 is 28.1 Å². The lowest BCUT2D eigenvalue weighted by atomic mass is 9.89. The monoisotopic (exact) mass is 616 g/mol. The fourth-order valence-electron chi connectivity index (χ4n) is 6.42. The van der Waals surface area contributed by atoms with Crippen LogP contribution in [0.3, 0.4) is 0 Å². The molecule has 0 aliphatic carbocycles. The van der Waals surface area contributed by atoms with E-state index < -0.39 is 6.10 Å². The van der Waals surface area contributed by atoms with Crippen LogP contribution in [0, 0.1) is 6.92 Å². The van der Waals surface area contributed by atoms with Gasteiger partial charge in [0, 0.05) is 49.1 Å². The van der Waals surface area contributed by atoms with E-state index in [2.05, 4.69) is 39.5 Å². The van der Waals surface area contributed by atoms with Gasteiger partial charge >= 0.3 is 0 Å². The van der Waals surface area contributed by atoms with E-state index in [4.69, 9.17) is 4.74 Å². The van der Waals surface area contributed by atoms with Crippen LogP contribution in [0.4, 0.5) is 0 Å². The fraction of sp³-hybridized carbons (Fsp3) is 0.412. The number of amides is 1. The average molecular weight is 617 g/mol. The molecule has 1 spiro atoms. The Morgan fingerprint density at radius 3 is 2.70 bits per heavy atom. The number of phenols is 1. The topological polar surface area (TPSA) is 118 Å². The molecule has 0 bridgehead atoms. The molecule has 0 saturated carbocycles. The van der Waals surface area contributed by atoms with Crippen molar-refractivity contribution in [3.63, 3.8) is 0 Å². The van der Waals surface area contributed by atoms with Crippen molar-refractivity contribution in [1.29, 1.82) is 0 Å². The van der Waals surface area contributed by atoms with Crippen molar-refractivity contribution in [1.82, 2.24) is 20.1 Å². The number of H-pyrrole nitrogens is 1. The zero-order valence-electron chi connectivity index (χ0n) is 25.1. The summed E-state index contributed by atoms with van der Waals surface area (Å²) in [6, 6.07) is 18.8. The highest BCUT2D eigenvalue weighted by atomic mass is 32.1. The molecule has 4 heterocycles. The normalized spacial score (nSPS) is 17.7. The molecular weight excluding hydrogens is 576 g/mol. The Morgan fingerprint density at radius 2 is 1.91 bits per heavy atom. The number of nitrogens with one attached hydrogen (secondary N) is 2. The number of aromatic nitrogens is 1. The number of fused-ring (bicyclic) bond motifs is 1. The van der Waals surface area contributed by atoms with E-state index in [0.717, 1.165) is 48.7 Å². The summed E-state index contributed by atoms with van der Waals surface area (Å²) in [4.78, 5) is 33.8. The molecule has 9 nitrogen and oxygen atoms in total. The van der Waals surface area contributed by atoms with Gasteiger partial charge < -0.3 is 30.2 Å². The SMILES string of the molecule is Cc1ccc(C(=O)N2CCOC3(CCN(Cc4cccc(CCNC[C@H](O)c5ccc(O)c6[nH]c(=O)ccc56)c4)CC3)C2)s1. The van der Waals surface area contributed by atoms with Crippen LogP contribution in [0.1, 0.15) is 50.2 Å². The second kappa shape index (κ2) is 13.2. The Kier molecular flexibility index (Phi) is 9.16. The first-order valence-electron chi connectivity index (χ1n) is 15.3. The third-order valence-corrected chi connectivity index (χ3v) is 9.83. The van der Waals surface area contributed by atoms with Crippen LogP contribution in [0.25, 0.3) is 10.9 Å². The van der Waals surface area contributed by atoms with Crippen molar-refractivity contribution < 1.29 is 19.7 Å². The van der Waals surface area contributed by atoms with E-state index in [1.807, 2.05) is 24.0 Å². The number of hydrogen-bond donors (Lipinski definition) is 4. The lowest BCUT2D eigenvalue weighted by molar-refractivity contribution is -0.127. The first-order chi connectivity index (χ1) is 21.3. The molecule has 0 radical (unpaired) electrons. The van der Waals surface area contributed by atoms with E-state index in [9.17, 15) is 19.8 Å². The first-order valence-corrected chi connectivity index (χ1v) is 16.1. The van der Waals surface area contributed by atoms with Gasteiger partial charge in [-0.3, -0.25) is 14.5 Å². The molecule has 2 fully saturated rings. The Balaban J connectivity index is 0.972. The minimum absolute atomic E-state index is 0.0177. The summed E-state index contributed by atoms with van der Waals surface area (Å²) in [6.07, 6.45) is 1.88. The van der Waals surface area contributed by atoms with Crippen LogP contribution in [-0.2, 0) is 17.7 Å². The molecule has 1 atom stereocenters. The molecule has 2 aromatic carbocycles. The molecular formula is C34H40N4O5S. The maximum absolute atomic E-state index is 13.1. The number of aliphatic hydroxyl groups is 1. The van der Waals surface area contributed by atoms with E-state index in [0.29, 0.717) is 49.3 Å². The van der Waals surface area contributed by atoms with Gasteiger partial charge in [0.05, 0.1) is 35.3 Å². The Morgan fingerprint density at radius 1 is 1.09 bits per heavy atom. The van der Waals surface area contributed by atoms with Crippen LogP contribution < -0.4 is 10.9 Å². The molecule has 2 aliphatic rings. The molecule has 6 rings (SSSR count). The van der Waals surface area contributed by atoms with Gasteiger partial charge in [0.2, 0.25) is 5.56 Å². The standard InChI is InChI=1S/C34H40N4O5S/c1-23-5-9-30(44-23)33(42)38-17-18-43-34(22-38)12-15-37(16-13-34)21-25-4-2-3-24(19-25)11-14-35-20-29(40)26-6-8-28(39)32-27(26)7-10-31(41)36-32/h2-10,19,29,35,39-40H,11-18,20-22H2,1H3,(H,36,41)/t29-/m0/s1.